The zero-order valence-electron chi connectivity index (χ0n) is 16.9. The second-order valence-electron chi connectivity index (χ2n) is 7.27. The number of carbonyl (C=O) groups excluding carboxylic acids is 2. The Hall–Kier alpha value is -3.18. The smallest absolute Gasteiger partial charge is 0.226 e. The van der Waals surface area contributed by atoms with Crippen LogP contribution in [0.4, 0.5) is 11.4 Å². The lowest BCUT2D eigenvalue weighted by molar-refractivity contribution is -0.118. The van der Waals surface area contributed by atoms with Crippen LogP contribution in [0.3, 0.4) is 0 Å². The Morgan fingerprint density at radius 2 is 2.00 bits per heavy atom. The standard InChI is InChI=1S/C22H23N3O4S/c1-3-22(27)25-15(2)11-17-13-19(7-8-20(17)25)30(28,29)10-9-21(26)24-18-6-4-5-16(12-18)14-23/h4-8,12-13,15H,3,9-11H2,1-2H3,(H,24,26)/t15-/m1/s1. The van der Waals surface area contributed by atoms with Crippen molar-refractivity contribution in [2.24, 2.45) is 0 Å². The molecule has 1 aliphatic rings. The fraction of sp³-hybridized carbons (Fsp3) is 0.318. The first-order chi connectivity index (χ1) is 14.2. The minimum atomic E-state index is -3.66. The molecule has 0 aromatic heterocycles. The zero-order chi connectivity index (χ0) is 21.9. The lowest BCUT2D eigenvalue weighted by Crippen LogP contribution is -2.35. The van der Waals surface area contributed by atoms with E-state index < -0.39 is 15.7 Å². The summed E-state index contributed by atoms with van der Waals surface area (Å²) in [5.74, 6) is -0.764. The van der Waals surface area contributed by atoms with Crippen molar-refractivity contribution >= 4 is 33.0 Å². The minimum absolute atomic E-state index is 0.00833. The maximum Gasteiger partial charge on any atom is 0.226 e. The average molecular weight is 426 g/mol. The van der Waals surface area contributed by atoms with Gasteiger partial charge in [0.15, 0.2) is 9.84 Å². The molecule has 2 aromatic carbocycles. The number of rotatable bonds is 6. The number of carbonyl (C=O) groups is 2. The van der Waals surface area contributed by atoms with Gasteiger partial charge in [0, 0.05) is 30.3 Å². The van der Waals surface area contributed by atoms with Crippen LogP contribution in [0.5, 0.6) is 0 Å². The second kappa shape index (κ2) is 8.67. The first-order valence-electron chi connectivity index (χ1n) is 9.73. The van der Waals surface area contributed by atoms with Crippen molar-refractivity contribution in [2.45, 2.75) is 44.0 Å². The highest BCUT2D eigenvalue weighted by Gasteiger charge is 2.31. The average Bonchev–Trinajstić information content (AvgIpc) is 3.06. The molecule has 1 atom stereocenters. The fourth-order valence-electron chi connectivity index (χ4n) is 3.59. The van der Waals surface area contributed by atoms with E-state index in [1.165, 1.54) is 12.1 Å². The molecule has 2 aromatic rings. The van der Waals surface area contributed by atoms with Gasteiger partial charge in [-0.05, 0) is 55.3 Å². The SMILES string of the molecule is CCC(=O)N1c2ccc(S(=O)(=O)CCC(=O)Nc3cccc(C#N)c3)cc2C[C@H]1C. The summed E-state index contributed by atoms with van der Waals surface area (Å²) in [6, 6.07) is 13.2. The molecule has 7 nitrogen and oxygen atoms in total. The molecule has 0 spiro atoms. The van der Waals surface area contributed by atoms with Gasteiger partial charge in [0.1, 0.15) is 0 Å². The lowest BCUT2D eigenvalue weighted by Gasteiger charge is -2.22. The normalized spacial score (nSPS) is 15.4. The van der Waals surface area contributed by atoms with Gasteiger partial charge in [0.05, 0.1) is 22.3 Å². The number of benzene rings is 2. The van der Waals surface area contributed by atoms with Crippen LogP contribution in [-0.4, -0.2) is 32.0 Å². The maximum atomic E-state index is 12.7. The van der Waals surface area contributed by atoms with Gasteiger partial charge >= 0.3 is 0 Å². The molecule has 1 aliphatic heterocycles. The largest absolute Gasteiger partial charge is 0.326 e. The first-order valence-corrected chi connectivity index (χ1v) is 11.4. The van der Waals surface area contributed by atoms with Gasteiger partial charge in [0.2, 0.25) is 11.8 Å². The fourth-order valence-corrected chi connectivity index (χ4v) is 4.87. The number of fused-ring (bicyclic) bond motifs is 1. The molecule has 0 radical (unpaired) electrons. The topological polar surface area (TPSA) is 107 Å². The molecule has 1 heterocycles. The van der Waals surface area contributed by atoms with E-state index in [9.17, 15) is 18.0 Å². The third-order valence-corrected chi connectivity index (χ3v) is 6.78. The van der Waals surface area contributed by atoms with Gasteiger partial charge in [-0.3, -0.25) is 9.59 Å². The molecule has 1 N–H and O–H groups in total. The number of amides is 2. The summed E-state index contributed by atoms with van der Waals surface area (Å²) in [4.78, 5) is 26.2. The number of nitrogens with zero attached hydrogens (tertiary/aromatic N) is 2. The number of anilines is 2. The van der Waals surface area contributed by atoms with E-state index in [0.717, 1.165) is 11.3 Å². The molecule has 0 saturated carbocycles. The quantitative estimate of drug-likeness (QED) is 0.765. The summed E-state index contributed by atoms with van der Waals surface area (Å²) in [5.41, 5.74) is 2.43. The van der Waals surface area contributed by atoms with Crippen LogP contribution >= 0.6 is 0 Å². The Labute approximate surface area is 176 Å². The molecular formula is C22H23N3O4S. The summed E-state index contributed by atoms with van der Waals surface area (Å²) >= 11 is 0. The van der Waals surface area contributed by atoms with Crippen LogP contribution < -0.4 is 10.2 Å². The molecule has 156 valence electrons. The van der Waals surface area contributed by atoms with Crippen molar-refractivity contribution in [1.29, 1.82) is 5.26 Å². The van der Waals surface area contributed by atoms with E-state index in [-0.39, 0.29) is 29.0 Å². The third-order valence-electron chi connectivity index (χ3n) is 5.07. The summed E-state index contributed by atoms with van der Waals surface area (Å²) in [7, 11) is -3.66. The Morgan fingerprint density at radius 3 is 2.70 bits per heavy atom. The van der Waals surface area contributed by atoms with Crippen LogP contribution in [-0.2, 0) is 25.8 Å². The summed E-state index contributed by atoms with van der Waals surface area (Å²) < 4.78 is 25.5. The van der Waals surface area contributed by atoms with Gasteiger partial charge in [-0.1, -0.05) is 13.0 Å². The number of hydrogen-bond donors (Lipinski definition) is 1. The third kappa shape index (κ3) is 4.52. The highest BCUT2D eigenvalue weighted by molar-refractivity contribution is 7.91. The summed E-state index contributed by atoms with van der Waals surface area (Å²) in [6.45, 7) is 3.74. The van der Waals surface area contributed by atoms with E-state index in [2.05, 4.69) is 5.32 Å². The van der Waals surface area contributed by atoms with Gasteiger partial charge in [-0.2, -0.15) is 5.26 Å². The molecule has 30 heavy (non-hydrogen) atoms. The van der Waals surface area contributed by atoms with E-state index in [1.807, 2.05) is 13.0 Å². The van der Waals surface area contributed by atoms with E-state index >= 15 is 0 Å². The van der Waals surface area contributed by atoms with Crippen LogP contribution in [0.2, 0.25) is 0 Å². The molecule has 0 saturated heterocycles. The van der Waals surface area contributed by atoms with Gasteiger partial charge < -0.3 is 10.2 Å². The van der Waals surface area contributed by atoms with Crippen molar-refractivity contribution in [3.8, 4) is 6.07 Å². The van der Waals surface area contributed by atoms with Gasteiger partial charge in [-0.25, -0.2) is 8.42 Å². The molecule has 3 rings (SSSR count). The van der Waals surface area contributed by atoms with Crippen LogP contribution in [0.25, 0.3) is 0 Å². The van der Waals surface area contributed by atoms with E-state index in [4.69, 9.17) is 5.26 Å². The zero-order valence-corrected chi connectivity index (χ0v) is 17.7. The lowest BCUT2D eigenvalue weighted by atomic mass is 10.1. The van der Waals surface area contributed by atoms with Crippen molar-refractivity contribution in [1.82, 2.24) is 0 Å². The highest BCUT2D eigenvalue weighted by atomic mass is 32.2. The summed E-state index contributed by atoms with van der Waals surface area (Å²) in [6.07, 6.45) is 0.781. The van der Waals surface area contributed by atoms with Crippen LogP contribution in [0, 0.1) is 11.3 Å². The Morgan fingerprint density at radius 1 is 1.23 bits per heavy atom. The predicted octanol–water partition coefficient (Wildman–Crippen LogP) is 3.05. The Kier molecular flexibility index (Phi) is 6.22. The number of sulfone groups is 1. The molecule has 2 amide bonds. The van der Waals surface area contributed by atoms with Gasteiger partial charge in [0.25, 0.3) is 0 Å². The van der Waals surface area contributed by atoms with Crippen molar-refractivity contribution in [2.75, 3.05) is 16.0 Å². The van der Waals surface area contributed by atoms with E-state index in [0.29, 0.717) is 24.1 Å². The molecule has 0 bridgehead atoms. The monoisotopic (exact) mass is 425 g/mol. The van der Waals surface area contributed by atoms with Gasteiger partial charge in [-0.15, -0.1) is 0 Å². The van der Waals surface area contributed by atoms with Crippen molar-refractivity contribution in [3.63, 3.8) is 0 Å². The highest BCUT2D eigenvalue weighted by Crippen LogP contribution is 2.34. The minimum Gasteiger partial charge on any atom is -0.326 e. The van der Waals surface area contributed by atoms with Crippen molar-refractivity contribution in [3.05, 3.63) is 53.6 Å². The predicted molar refractivity (Wildman–Crippen MR) is 114 cm³/mol. The summed E-state index contributed by atoms with van der Waals surface area (Å²) in [5, 5.41) is 11.5. The van der Waals surface area contributed by atoms with Crippen LogP contribution in [0.1, 0.15) is 37.8 Å². The van der Waals surface area contributed by atoms with Crippen LogP contribution in [0.15, 0.2) is 47.4 Å². The maximum absolute atomic E-state index is 12.7. The first kappa shape index (κ1) is 21.5. The molecule has 8 heteroatoms. The Bertz CT molecular complexity index is 1140. The molecule has 0 unspecified atom stereocenters. The molecular weight excluding hydrogens is 402 g/mol. The molecule has 0 fully saturated rings. The number of nitrogens with one attached hydrogen (secondary N) is 1. The van der Waals surface area contributed by atoms with E-state index in [1.54, 1.807) is 42.2 Å². The number of nitriles is 1. The molecule has 0 aliphatic carbocycles. The second-order valence-corrected chi connectivity index (χ2v) is 9.38. The van der Waals surface area contributed by atoms with Crippen molar-refractivity contribution < 1.29 is 18.0 Å². The number of hydrogen-bond acceptors (Lipinski definition) is 5. The Balaban J connectivity index is 1.69.